The molecule has 1 amide bonds. The number of carbonyl (C=O) groups excluding carboxylic acids is 1. The second kappa shape index (κ2) is 6.72. The van der Waals surface area contributed by atoms with Gasteiger partial charge in [0, 0.05) is 10.6 Å². The molecule has 3 N–H and O–H groups in total. The Morgan fingerprint density at radius 3 is 2.86 bits per heavy atom. The van der Waals surface area contributed by atoms with Gasteiger partial charge < -0.3 is 11.1 Å². The van der Waals surface area contributed by atoms with E-state index >= 15 is 0 Å². The van der Waals surface area contributed by atoms with E-state index in [-0.39, 0.29) is 11.6 Å². The molecule has 0 radical (unpaired) electrons. The molecule has 112 valence electrons. The SMILES string of the molecule is CCCC(NC(=O)c1cc(N)cc(C)c1F)c1cccs1. The second-order valence-electron chi connectivity index (χ2n) is 5.03. The van der Waals surface area contributed by atoms with Crippen molar-refractivity contribution in [3.63, 3.8) is 0 Å². The van der Waals surface area contributed by atoms with E-state index in [4.69, 9.17) is 5.73 Å². The van der Waals surface area contributed by atoms with Crippen LogP contribution in [0.5, 0.6) is 0 Å². The van der Waals surface area contributed by atoms with Gasteiger partial charge >= 0.3 is 0 Å². The van der Waals surface area contributed by atoms with Crippen LogP contribution in [0.2, 0.25) is 0 Å². The third-order valence-electron chi connectivity index (χ3n) is 3.29. The molecule has 1 unspecified atom stereocenters. The average Bonchev–Trinajstić information content (AvgIpc) is 2.96. The van der Waals surface area contributed by atoms with Crippen LogP contribution in [-0.4, -0.2) is 5.91 Å². The van der Waals surface area contributed by atoms with Crippen molar-refractivity contribution in [1.29, 1.82) is 0 Å². The van der Waals surface area contributed by atoms with Gasteiger partial charge in [0.2, 0.25) is 0 Å². The van der Waals surface area contributed by atoms with Gasteiger partial charge in [-0.25, -0.2) is 4.39 Å². The van der Waals surface area contributed by atoms with Crippen molar-refractivity contribution in [2.75, 3.05) is 5.73 Å². The van der Waals surface area contributed by atoms with Gasteiger partial charge in [-0.15, -0.1) is 11.3 Å². The maximum absolute atomic E-state index is 14.1. The molecule has 21 heavy (non-hydrogen) atoms. The molecule has 1 heterocycles. The number of hydrogen-bond acceptors (Lipinski definition) is 3. The summed E-state index contributed by atoms with van der Waals surface area (Å²) in [7, 11) is 0. The molecule has 2 aromatic rings. The molecule has 0 bridgehead atoms. The lowest BCUT2D eigenvalue weighted by Crippen LogP contribution is -2.29. The average molecular weight is 306 g/mol. The first-order valence-corrected chi connectivity index (χ1v) is 7.80. The van der Waals surface area contributed by atoms with Crippen molar-refractivity contribution >= 4 is 22.9 Å². The summed E-state index contributed by atoms with van der Waals surface area (Å²) in [5, 5.41) is 4.88. The van der Waals surface area contributed by atoms with E-state index in [1.165, 1.54) is 12.1 Å². The number of halogens is 1. The summed E-state index contributed by atoms with van der Waals surface area (Å²) >= 11 is 1.59. The largest absolute Gasteiger partial charge is 0.399 e. The van der Waals surface area contributed by atoms with E-state index in [0.29, 0.717) is 11.3 Å². The third-order valence-corrected chi connectivity index (χ3v) is 4.28. The Morgan fingerprint density at radius 1 is 1.48 bits per heavy atom. The normalized spacial score (nSPS) is 12.1. The smallest absolute Gasteiger partial charge is 0.254 e. The summed E-state index contributed by atoms with van der Waals surface area (Å²) in [6.07, 6.45) is 1.75. The minimum atomic E-state index is -0.511. The lowest BCUT2D eigenvalue weighted by molar-refractivity contribution is 0.0931. The Bertz CT molecular complexity index is 625. The van der Waals surface area contributed by atoms with Gasteiger partial charge in [-0.05, 0) is 42.5 Å². The van der Waals surface area contributed by atoms with Gasteiger partial charge in [0.15, 0.2) is 0 Å². The van der Waals surface area contributed by atoms with Crippen LogP contribution in [0.25, 0.3) is 0 Å². The zero-order chi connectivity index (χ0) is 15.4. The number of anilines is 1. The molecule has 1 atom stereocenters. The summed E-state index contributed by atoms with van der Waals surface area (Å²) in [6, 6.07) is 6.74. The number of rotatable bonds is 5. The highest BCUT2D eigenvalue weighted by molar-refractivity contribution is 7.10. The summed E-state index contributed by atoms with van der Waals surface area (Å²) < 4.78 is 14.1. The van der Waals surface area contributed by atoms with Gasteiger partial charge in [0.05, 0.1) is 11.6 Å². The summed E-state index contributed by atoms with van der Waals surface area (Å²) in [6.45, 7) is 3.66. The number of carbonyl (C=O) groups is 1. The first-order valence-electron chi connectivity index (χ1n) is 6.92. The molecule has 0 spiro atoms. The van der Waals surface area contributed by atoms with Crippen molar-refractivity contribution in [1.82, 2.24) is 5.32 Å². The maximum atomic E-state index is 14.1. The van der Waals surface area contributed by atoms with Crippen LogP contribution in [-0.2, 0) is 0 Å². The molecule has 0 saturated carbocycles. The second-order valence-corrected chi connectivity index (χ2v) is 6.01. The van der Waals surface area contributed by atoms with Crippen LogP contribution in [0.3, 0.4) is 0 Å². The molecular formula is C16H19FN2OS. The predicted molar refractivity (Wildman–Crippen MR) is 85.0 cm³/mol. The number of aryl methyl sites for hydroxylation is 1. The summed E-state index contributed by atoms with van der Waals surface area (Å²) in [4.78, 5) is 13.4. The molecule has 0 aliphatic heterocycles. The van der Waals surface area contributed by atoms with Crippen LogP contribution in [0, 0.1) is 12.7 Å². The zero-order valence-corrected chi connectivity index (χ0v) is 13.0. The Hall–Kier alpha value is -1.88. The third kappa shape index (κ3) is 3.61. The lowest BCUT2D eigenvalue weighted by atomic mass is 10.1. The molecule has 5 heteroatoms. The molecule has 0 saturated heterocycles. The Balaban J connectivity index is 2.23. The first-order chi connectivity index (χ1) is 10.0. The number of hydrogen-bond donors (Lipinski definition) is 2. The van der Waals surface area contributed by atoms with Gasteiger partial charge in [-0.3, -0.25) is 4.79 Å². The van der Waals surface area contributed by atoms with Crippen LogP contribution in [0.1, 0.15) is 46.6 Å². The highest BCUT2D eigenvalue weighted by Crippen LogP contribution is 2.24. The van der Waals surface area contributed by atoms with Crippen molar-refractivity contribution in [3.05, 3.63) is 51.5 Å². The fourth-order valence-corrected chi connectivity index (χ4v) is 3.07. The Morgan fingerprint density at radius 2 is 2.24 bits per heavy atom. The zero-order valence-electron chi connectivity index (χ0n) is 12.2. The lowest BCUT2D eigenvalue weighted by Gasteiger charge is -2.17. The molecule has 1 aromatic heterocycles. The topological polar surface area (TPSA) is 55.1 Å². The fourth-order valence-electron chi connectivity index (χ4n) is 2.26. The Labute approximate surface area is 128 Å². The van der Waals surface area contributed by atoms with Crippen molar-refractivity contribution < 1.29 is 9.18 Å². The molecule has 0 aliphatic carbocycles. The van der Waals surface area contributed by atoms with Gasteiger partial charge in [-0.1, -0.05) is 19.4 Å². The minimum Gasteiger partial charge on any atom is -0.399 e. The van der Waals surface area contributed by atoms with E-state index in [2.05, 4.69) is 12.2 Å². The van der Waals surface area contributed by atoms with Crippen LogP contribution in [0.4, 0.5) is 10.1 Å². The van der Waals surface area contributed by atoms with Crippen molar-refractivity contribution in [2.45, 2.75) is 32.7 Å². The molecule has 1 aromatic carbocycles. The molecule has 3 nitrogen and oxygen atoms in total. The van der Waals surface area contributed by atoms with Crippen LogP contribution >= 0.6 is 11.3 Å². The maximum Gasteiger partial charge on any atom is 0.254 e. The highest BCUT2D eigenvalue weighted by Gasteiger charge is 2.19. The van der Waals surface area contributed by atoms with Gasteiger partial charge in [0.25, 0.3) is 5.91 Å². The number of nitrogens with one attached hydrogen (secondary N) is 1. The summed E-state index contributed by atoms with van der Waals surface area (Å²) in [5.41, 5.74) is 6.48. The van der Waals surface area contributed by atoms with E-state index in [9.17, 15) is 9.18 Å². The molecule has 0 aliphatic rings. The number of amides is 1. The molecule has 0 fully saturated rings. The van der Waals surface area contributed by atoms with Crippen molar-refractivity contribution in [2.24, 2.45) is 0 Å². The van der Waals surface area contributed by atoms with E-state index < -0.39 is 11.7 Å². The first kappa shape index (κ1) is 15.5. The highest BCUT2D eigenvalue weighted by atomic mass is 32.1. The number of nitrogens with two attached hydrogens (primary N) is 1. The summed E-state index contributed by atoms with van der Waals surface area (Å²) in [5.74, 6) is -0.933. The standard InChI is InChI=1S/C16H19FN2OS/c1-3-5-13(14-6-4-7-21-14)19-16(20)12-9-11(18)8-10(2)15(12)17/h4,6-9,13H,3,5,18H2,1-2H3,(H,19,20). The quantitative estimate of drug-likeness (QED) is 0.819. The van der Waals surface area contributed by atoms with E-state index in [1.807, 2.05) is 17.5 Å². The van der Waals surface area contributed by atoms with E-state index in [0.717, 1.165) is 17.7 Å². The monoisotopic (exact) mass is 306 g/mol. The number of thiophene rings is 1. The minimum absolute atomic E-state index is 0.00478. The Kier molecular flexibility index (Phi) is 4.96. The van der Waals surface area contributed by atoms with Gasteiger partial charge in [0.1, 0.15) is 5.82 Å². The number of nitrogen functional groups attached to an aromatic ring is 1. The predicted octanol–water partition coefficient (Wildman–Crippen LogP) is 4.05. The molecular weight excluding hydrogens is 287 g/mol. The van der Waals surface area contributed by atoms with Crippen LogP contribution < -0.4 is 11.1 Å². The number of benzene rings is 1. The fraction of sp³-hybridized carbons (Fsp3) is 0.312. The molecule has 2 rings (SSSR count). The van der Waals surface area contributed by atoms with Crippen LogP contribution in [0.15, 0.2) is 29.6 Å². The van der Waals surface area contributed by atoms with E-state index in [1.54, 1.807) is 18.3 Å². The van der Waals surface area contributed by atoms with Crippen molar-refractivity contribution in [3.8, 4) is 0 Å². The van der Waals surface area contributed by atoms with Gasteiger partial charge in [-0.2, -0.15) is 0 Å².